The van der Waals surface area contributed by atoms with Crippen molar-refractivity contribution in [1.82, 2.24) is 5.32 Å². The number of anilines is 1. The lowest BCUT2D eigenvalue weighted by atomic mass is 9.95. The summed E-state index contributed by atoms with van der Waals surface area (Å²) < 4.78 is 5.80. The molecule has 0 fully saturated rings. The molecule has 0 unspecified atom stereocenters. The number of carbonyl (C=O) groups excluding carboxylic acids is 2. The molecule has 1 aromatic heterocycles. The topological polar surface area (TPSA) is 67.4 Å². The minimum absolute atomic E-state index is 0.147. The number of methoxy groups -OCH3 is 1. The molecule has 0 bridgehead atoms. The molecule has 8 heteroatoms. The summed E-state index contributed by atoms with van der Waals surface area (Å²) in [6.07, 6.45) is 4.70. The molecule has 2 N–H and O–H groups in total. The predicted octanol–water partition coefficient (Wildman–Crippen LogP) is 5.06. The molecule has 5 nitrogen and oxygen atoms in total. The minimum atomic E-state index is -0.321. The lowest BCUT2D eigenvalue weighted by Gasteiger charge is -2.13. The van der Waals surface area contributed by atoms with Crippen molar-refractivity contribution in [2.24, 2.45) is 0 Å². The molecule has 0 saturated carbocycles. The Balaban J connectivity index is 1.85. The van der Waals surface area contributed by atoms with E-state index < -0.39 is 0 Å². The average molecular weight is 486 g/mol. The number of hydrogen-bond acceptors (Lipinski definition) is 4. The lowest BCUT2D eigenvalue weighted by molar-refractivity contribution is 0.0948. The Hall–Kier alpha value is -1.41. The van der Waals surface area contributed by atoms with E-state index >= 15 is 0 Å². The maximum absolute atomic E-state index is 12.9. The third-order valence-corrected chi connectivity index (χ3v) is 6.64. The number of carbonyl (C=O) groups is 2. The molecule has 0 saturated heterocycles. The largest absolute Gasteiger partial charge is 0.385 e. The van der Waals surface area contributed by atoms with Gasteiger partial charge in [0, 0.05) is 29.6 Å². The van der Waals surface area contributed by atoms with Crippen molar-refractivity contribution in [1.29, 1.82) is 0 Å². The van der Waals surface area contributed by atoms with Crippen LogP contribution in [0.4, 0.5) is 5.00 Å². The van der Waals surface area contributed by atoms with Crippen LogP contribution in [-0.2, 0) is 17.6 Å². The molecular formula is C20H22BrClN2O3S. The first kappa shape index (κ1) is 21.3. The second-order valence-electron chi connectivity index (χ2n) is 6.60. The van der Waals surface area contributed by atoms with E-state index in [1.54, 1.807) is 25.3 Å². The Labute approximate surface area is 181 Å². The predicted molar refractivity (Wildman–Crippen MR) is 117 cm³/mol. The molecule has 3 rings (SSSR count). The SMILES string of the molecule is COCCCNC(=O)c1c(NC(=O)c2cc(Br)ccc2Cl)sc2c1CCCC2. The zero-order valence-corrected chi connectivity index (χ0v) is 18.7. The molecule has 1 aromatic carbocycles. The van der Waals surface area contributed by atoms with Crippen molar-refractivity contribution >= 4 is 55.7 Å². The van der Waals surface area contributed by atoms with E-state index in [9.17, 15) is 9.59 Å². The molecule has 0 spiro atoms. The number of rotatable bonds is 7. The zero-order valence-electron chi connectivity index (χ0n) is 15.6. The van der Waals surface area contributed by atoms with Gasteiger partial charge in [-0.05, 0) is 55.9 Å². The molecule has 150 valence electrons. The fourth-order valence-electron chi connectivity index (χ4n) is 3.24. The third kappa shape index (κ3) is 4.95. The average Bonchev–Trinajstić information content (AvgIpc) is 3.04. The first-order valence-electron chi connectivity index (χ1n) is 9.19. The first-order chi connectivity index (χ1) is 13.5. The van der Waals surface area contributed by atoms with Gasteiger partial charge in [-0.2, -0.15) is 0 Å². The van der Waals surface area contributed by atoms with Gasteiger partial charge >= 0.3 is 0 Å². The van der Waals surface area contributed by atoms with Crippen LogP contribution in [0.3, 0.4) is 0 Å². The van der Waals surface area contributed by atoms with Crippen LogP contribution in [0.15, 0.2) is 22.7 Å². The smallest absolute Gasteiger partial charge is 0.257 e. The van der Waals surface area contributed by atoms with Crippen molar-refractivity contribution in [3.05, 3.63) is 49.3 Å². The van der Waals surface area contributed by atoms with Crippen LogP contribution in [0.5, 0.6) is 0 Å². The monoisotopic (exact) mass is 484 g/mol. The number of aryl methyl sites for hydroxylation is 1. The van der Waals surface area contributed by atoms with Crippen LogP contribution in [0.25, 0.3) is 0 Å². The highest BCUT2D eigenvalue weighted by atomic mass is 79.9. The molecular weight excluding hydrogens is 464 g/mol. The number of thiophene rings is 1. The van der Waals surface area contributed by atoms with E-state index in [1.165, 1.54) is 16.2 Å². The molecule has 0 aliphatic heterocycles. The second-order valence-corrected chi connectivity index (χ2v) is 9.02. The lowest BCUT2D eigenvalue weighted by Crippen LogP contribution is -2.27. The highest BCUT2D eigenvalue weighted by molar-refractivity contribution is 9.10. The Morgan fingerprint density at radius 1 is 1.25 bits per heavy atom. The number of ether oxygens (including phenoxy) is 1. The van der Waals surface area contributed by atoms with Gasteiger partial charge in [0.15, 0.2) is 0 Å². The first-order valence-corrected chi connectivity index (χ1v) is 11.2. The maximum Gasteiger partial charge on any atom is 0.257 e. The van der Waals surface area contributed by atoms with E-state index in [2.05, 4.69) is 26.6 Å². The summed E-state index contributed by atoms with van der Waals surface area (Å²) in [6.45, 7) is 1.12. The Morgan fingerprint density at radius 2 is 2.04 bits per heavy atom. The molecule has 1 aliphatic carbocycles. The molecule has 0 atom stereocenters. The molecule has 0 radical (unpaired) electrons. The normalized spacial score (nSPS) is 13.1. The van der Waals surface area contributed by atoms with Gasteiger partial charge in [0.05, 0.1) is 16.1 Å². The van der Waals surface area contributed by atoms with Crippen LogP contribution in [0.2, 0.25) is 5.02 Å². The van der Waals surface area contributed by atoms with Crippen molar-refractivity contribution < 1.29 is 14.3 Å². The van der Waals surface area contributed by atoms with E-state index in [4.69, 9.17) is 16.3 Å². The van der Waals surface area contributed by atoms with Gasteiger partial charge in [-0.3, -0.25) is 9.59 Å². The van der Waals surface area contributed by atoms with Crippen LogP contribution in [0, 0.1) is 0 Å². The maximum atomic E-state index is 12.9. The number of benzene rings is 1. The fourth-order valence-corrected chi connectivity index (χ4v) is 5.09. The minimum Gasteiger partial charge on any atom is -0.385 e. The van der Waals surface area contributed by atoms with Gasteiger partial charge < -0.3 is 15.4 Å². The van der Waals surface area contributed by atoms with Gasteiger partial charge in [0.1, 0.15) is 5.00 Å². The highest BCUT2D eigenvalue weighted by Crippen LogP contribution is 2.38. The number of amides is 2. The molecule has 1 aliphatic rings. The van der Waals surface area contributed by atoms with Gasteiger partial charge in [0.25, 0.3) is 11.8 Å². The number of fused-ring (bicyclic) bond motifs is 1. The van der Waals surface area contributed by atoms with E-state index in [0.29, 0.717) is 34.3 Å². The quantitative estimate of drug-likeness (QED) is 0.539. The summed E-state index contributed by atoms with van der Waals surface area (Å²) in [4.78, 5) is 26.9. The van der Waals surface area contributed by atoms with E-state index in [-0.39, 0.29) is 11.8 Å². The summed E-state index contributed by atoms with van der Waals surface area (Å²) in [5, 5.41) is 6.83. The second kappa shape index (κ2) is 9.87. The molecule has 28 heavy (non-hydrogen) atoms. The van der Waals surface area contributed by atoms with E-state index in [1.807, 2.05) is 0 Å². The van der Waals surface area contributed by atoms with Crippen molar-refractivity contribution in [2.75, 3.05) is 25.6 Å². The van der Waals surface area contributed by atoms with Crippen molar-refractivity contribution in [2.45, 2.75) is 32.1 Å². The van der Waals surface area contributed by atoms with Crippen LogP contribution in [0.1, 0.15) is 50.4 Å². The summed E-state index contributed by atoms with van der Waals surface area (Å²) >= 11 is 11.0. The number of halogens is 2. The van der Waals surface area contributed by atoms with Crippen molar-refractivity contribution in [3.8, 4) is 0 Å². The third-order valence-electron chi connectivity index (χ3n) is 4.61. The molecule has 2 aromatic rings. The number of hydrogen-bond donors (Lipinski definition) is 2. The van der Waals surface area contributed by atoms with Gasteiger partial charge in [-0.1, -0.05) is 27.5 Å². The molecule has 1 heterocycles. The Bertz CT molecular complexity index is 885. The van der Waals surface area contributed by atoms with Gasteiger partial charge in [-0.15, -0.1) is 11.3 Å². The Kier molecular flexibility index (Phi) is 7.51. The highest BCUT2D eigenvalue weighted by Gasteiger charge is 2.26. The summed E-state index contributed by atoms with van der Waals surface area (Å²) in [7, 11) is 1.64. The van der Waals surface area contributed by atoms with Gasteiger partial charge in [0.2, 0.25) is 0 Å². The van der Waals surface area contributed by atoms with Crippen LogP contribution < -0.4 is 10.6 Å². The van der Waals surface area contributed by atoms with Crippen molar-refractivity contribution in [3.63, 3.8) is 0 Å². The standard InChI is InChI=1S/C20H22BrClN2O3S/c1-27-10-4-9-23-19(26)17-13-5-2-3-6-16(13)28-20(17)24-18(25)14-11-12(21)7-8-15(14)22/h7-8,11H,2-6,9-10H2,1H3,(H,23,26)(H,24,25). The Morgan fingerprint density at radius 3 is 2.82 bits per heavy atom. The van der Waals surface area contributed by atoms with Gasteiger partial charge in [-0.25, -0.2) is 0 Å². The van der Waals surface area contributed by atoms with E-state index in [0.717, 1.165) is 42.1 Å². The fraction of sp³-hybridized carbons (Fsp3) is 0.400. The summed E-state index contributed by atoms with van der Waals surface area (Å²) in [5.74, 6) is -0.468. The summed E-state index contributed by atoms with van der Waals surface area (Å²) in [5.41, 5.74) is 2.03. The number of nitrogens with one attached hydrogen (secondary N) is 2. The van der Waals surface area contributed by atoms with Crippen LogP contribution >= 0.6 is 38.9 Å². The summed E-state index contributed by atoms with van der Waals surface area (Å²) in [6, 6.07) is 5.13. The molecule has 2 amide bonds. The zero-order chi connectivity index (χ0) is 20.1. The van der Waals surface area contributed by atoms with Crippen LogP contribution in [-0.4, -0.2) is 32.1 Å².